The summed E-state index contributed by atoms with van der Waals surface area (Å²) >= 11 is 1.32. The van der Waals surface area contributed by atoms with Crippen molar-refractivity contribution < 1.29 is 27.6 Å². The zero-order valence-electron chi connectivity index (χ0n) is 20.2. The Hall–Kier alpha value is -4.04. The maximum atomic E-state index is 12.1. The fourth-order valence-corrected chi connectivity index (χ4v) is 6.95. The van der Waals surface area contributed by atoms with Gasteiger partial charge in [-0.2, -0.15) is 10.2 Å². The standard InChI is InChI=1S/C12H11N3O4S.C12H11N3O2S/c1-15-8-5-3-2-4-7(8)10(14-15)11-12(17)13-9(16)6-20(11,18)19;1-15-8-5-3-2-4-7(8)10(14-15)11-12(17)13-9(16)6-18-11/h2-5,11H,6H2,1H3,(H,13,16,17);2-5,11H,6H2,1H3,(H,13,16,17). The molecule has 2 saturated heterocycles. The first kappa shape index (κ1) is 25.6. The first-order valence-corrected chi connectivity index (χ1v) is 14.2. The molecule has 2 atom stereocenters. The number of aryl methyl sites for hydroxylation is 2. The van der Waals surface area contributed by atoms with Crippen LogP contribution in [0.15, 0.2) is 48.5 Å². The molecular formula is C24H22N6O6S2. The normalized spacial score (nSPS) is 21.1. The number of para-hydroxylation sites is 2. The predicted octanol–water partition coefficient (Wildman–Crippen LogP) is 0.690. The van der Waals surface area contributed by atoms with Crippen LogP contribution < -0.4 is 10.6 Å². The van der Waals surface area contributed by atoms with E-state index in [4.69, 9.17) is 0 Å². The minimum absolute atomic E-state index is 0.160. The van der Waals surface area contributed by atoms with Crippen LogP contribution in [0.5, 0.6) is 0 Å². The van der Waals surface area contributed by atoms with Crippen molar-refractivity contribution in [3.8, 4) is 0 Å². The van der Waals surface area contributed by atoms with Gasteiger partial charge in [-0.3, -0.25) is 39.2 Å². The molecule has 14 heteroatoms. The molecule has 4 amide bonds. The van der Waals surface area contributed by atoms with Gasteiger partial charge in [0.15, 0.2) is 15.1 Å². The fraction of sp³-hybridized carbons (Fsp3) is 0.250. The van der Waals surface area contributed by atoms with Crippen LogP contribution in [0.25, 0.3) is 21.8 Å². The first-order chi connectivity index (χ1) is 18.1. The Kier molecular flexibility index (Phi) is 6.53. The second-order valence-corrected chi connectivity index (χ2v) is 11.9. The van der Waals surface area contributed by atoms with Crippen molar-refractivity contribution in [3.05, 3.63) is 59.9 Å². The molecule has 4 aromatic rings. The van der Waals surface area contributed by atoms with E-state index in [1.165, 1.54) is 16.4 Å². The highest BCUT2D eigenvalue weighted by Gasteiger charge is 2.43. The van der Waals surface area contributed by atoms with Crippen molar-refractivity contribution in [2.45, 2.75) is 10.5 Å². The van der Waals surface area contributed by atoms with Crippen molar-refractivity contribution in [3.63, 3.8) is 0 Å². The molecule has 196 valence electrons. The van der Waals surface area contributed by atoms with Crippen molar-refractivity contribution in [2.24, 2.45) is 14.1 Å². The summed E-state index contributed by atoms with van der Waals surface area (Å²) in [4.78, 5) is 46.1. The predicted molar refractivity (Wildman–Crippen MR) is 139 cm³/mol. The largest absolute Gasteiger partial charge is 0.294 e. The molecule has 2 aliphatic rings. The smallest absolute Gasteiger partial charge is 0.251 e. The average Bonchev–Trinajstić information content (AvgIpc) is 3.36. The first-order valence-electron chi connectivity index (χ1n) is 11.4. The molecule has 0 saturated carbocycles. The molecule has 6 rings (SSSR count). The van der Waals surface area contributed by atoms with Crippen molar-refractivity contribution in [1.82, 2.24) is 30.2 Å². The lowest BCUT2D eigenvalue weighted by Gasteiger charge is -2.19. The lowest BCUT2D eigenvalue weighted by molar-refractivity contribution is -0.131. The molecule has 0 radical (unpaired) electrons. The number of carbonyl (C=O) groups excluding carboxylic acids is 4. The van der Waals surface area contributed by atoms with Crippen LogP contribution in [-0.4, -0.2) is 63.1 Å². The van der Waals surface area contributed by atoms with Crippen LogP contribution in [0.2, 0.25) is 0 Å². The van der Waals surface area contributed by atoms with E-state index < -0.39 is 37.9 Å². The number of thioether (sulfide) groups is 1. The van der Waals surface area contributed by atoms with Gasteiger partial charge in [-0.1, -0.05) is 36.4 Å². The van der Waals surface area contributed by atoms with E-state index in [0.717, 1.165) is 22.1 Å². The number of imide groups is 2. The van der Waals surface area contributed by atoms with Gasteiger partial charge < -0.3 is 0 Å². The van der Waals surface area contributed by atoms with Crippen LogP contribution in [0, 0.1) is 0 Å². The van der Waals surface area contributed by atoms with Gasteiger partial charge in [0, 0.05) is 24.9 Å². The summed E-state index contributed by atoms with van der Waals surface area (Å²) in [5.74, 6) is -2.56. The molecule has 2 N–H and O–H groups in total. The molecule has 0 bridgehead atoms. The molecule has 2 unspecified atom stereocenters. The Bertz CT molecular complexity index is 1740. The Morgan fingerprint density at radius 3 is 1.89 bits per heavy atom. The van der Waals surface area contributed by atoms with E-state index in [1.54, 1.807) is 36.0 Å². The summed E-state index contributed by atoms with van der Waals surface area (Å²) in [5, 5.41) is 12.7. The summed E-state index contributed by atoms with van der Waals surface area (Å²) in [6, 6.07) is 14.8. The van der Waals surface area contributed by atoms with Gasteiger partial charge in [-0.15, -0.1) is 11.8 Å². The summed E-state index contributed by atoms with van der Waals surface area (Å²) < 4.78 is 27.5. The highest BCUT2D eigenvalue weighted by molar-refractivity contribution is 8.01. The molecule has 4 heterocycles. The number of rotatable bonds is 2. The van der Waals surface area contributed by atoms with Crippen LogP contribution >= 0.6 is 11.8 Å². The van der Waals surface area contributed by atoms with Gasteiger partial charge >= 0.3 is 0 Å². The van der Waals surface area contributed by atoms with Crippen molar-refractivity contribution >= 4 is 67.0 Å². The lowest BCUT2D eigenvalue weighted by Crippen LogP contribution is -2.47. The zero-order chi connectivity index (χ0) is 27.2. The number of nitrogens with one attached hydrogen (secondary N) is 2. The van der Waals surface area contributed by atoms with Gasteiger partial charge in [0.05, 0.1) is 28.2 Å². The Morgan fingerprint density at radius 2 is 1.32 bits per heavy atom. The van der Waals surface area contributed by atoms with E-state index in [-0.39, 0.29) is 17.5 Å². The third kappa shape index (κ3) is 4.56. The third-order valence-corrected chi connectivity index (χ3v) is 9.16. The van der Waals surface area contributed by atoms with Crippen LogP contribution in [-0.2, 0) is 43.1 Å². The molecular weight excluding hydrogens is 532 g/mol. The van der Waals surface area contributed by atoms with Crippen molar-refractivity contribution in [2.75, 3.05) is 11.5 Å². The van der Waals surface area contributed by atoms with E-state index >= 15 is 0 Å². The third-order valence-electron chi connectivity index (χ3n) is 6.14. The molecule has 2 aliphatic heterocycles. The topological polar surface area (TPSA) is 162 Å². The van der Waals surface area contributed by atoms with E-state index in [0.29, 0.717) is 11.1 Å². The summed E-state index contributed by atoms with van der Waals surface area (Å²) in [7, 11) is -0.370. The fourth-order valence-electron chi connectivity index (χ4n) is 4.51. The summed E-state index contributed by atoms with van der Waals surface area (Å²) in [6.07, 6.45) is 0. The second kappa shape index (κ2) is 9.68. The number of hydrogen-bond donors (Lipinski definition) is 2. The molecule has 2 aromatic heterocycles. The summed E-state index contributed by atoms with van der Waals surface area (Å²) in [5.41, 5.74) is 2.59. The van der Waals surface area contributed by atoms with E-state index in [1.807, 2.05) is 31.3 Å². The molecule has 0 aliphatic carbocycles. The number of benzene rings is 2. The summed E-state index contributed by atoms with van der Waals surface area (Å²) in [6.45, 7) is 0. The lowest BCUT2D eigenvalue weighted by atomic mass is 10.1. The van der Waals surface area contributed by atoms with Crippen LogP contribution in [0.4, 0.5) is 0 Å². The Balaban J connectivity index is 0.000000156. The minimum Gasteiger partial charge on any atom is -0.294 e. The number of carbonyl (C=O) groups is 4. The number of hydrogen-bond acceptors (Lipinski definition) is 9. The van der Waals surface area contributed by atoms with Crippen LogP contribution in [0.3, 0.4) is 0 Å². The maximum absolute atomic E-state index is 12.1. The second-order valence-electron chi connectivity index (χ2n) is 8.76. The molecule has 2 aromatic carbocycles. The quantitative estimate of drug-likeness (QED) is 0.340. The van der Waals surface area contributed by atoms with Gasteiger partial charge in [-0.25, -0.2) is 8.42 Å². The monoisotopic (exact) mass is 554 g/mol. The highest BCUT2D eigenvalue weighted by Crippen LogP contribution is 2.35. The highest BCUT2D eigenvalue weighted by atomic mass is 32.2. The number of sulfone groups is 1. The maximum Gasteiger partial charge on any atom is 0.251 e. The van der Waals surface area contributed by atoms with Crippen LogP contribution in [0.1, 0.15) is 21.9 Å². The number of aromatic nitrogens is 4. The van der Waals surface area contributed by atoms with E-state index in [2.05, 4.69) is 20.8 Å². The Morgan fingerprint density at radius 1 is 0.789 bits per heavy atom. The SMILES string of the molecule is Cn1nc(C2C(=O)NC(=O)CS2(=O)=O)c2ccccc21.Cn1nc(C2SCC(=O)NC2=O)c2ccccc21. The molecule has 12 nitrogen and oxygen atoms in total. The van der Waals surface area contributed by atoms with Gasteiger partial charge in [0.1, 0.15) is 11.0 Å². The molecule has 38 heavy (non-hydrogen) atoms. The van der Waals surface area contributed by atoms with E-state index in [9.17, 15) is 27.6 Å². The minimum atomic E-state index is -3.89. The van der Waals surface area contributed by atoms with Gasteiger partial charge in [-0.05, 0) is 12.1 Å². The number of nitrogens with zero attached hydrogens (tertiary/aromatic N) is 4. The molecule has 2 fully saturated rings. The van der Waals surface area contributed by atoms with Gasteiger partial charge in [0.2, 0.25) is 17.7 Å². The molecule has 0 spiro atoms. The van der Waals surface area contributed by atoms with Gasteiger partial charge in [0.25, 0.3) is 5.91 Å². The zero-order valence-corrected chi connectivity index (χ0v) is 21.9. The number of amides is 4. The Labute approximate surface area is 220 Å². The van der Waals surface area contributed by atoms with Crippen molar-refractivity contribution in [1.29, 1.82) is 0 Å². The number of fused-ring (bicyclic) bond motifs is 2. The average molecular weight is 555 g/mol.